The molecular formula is C13H14N2O4S2. The number of aromatic nitrogens is 1. The lowest BCUT2D eigenvalue weighted by Gasteiger charge is -2.15. The molecule has 0 atom stereocenters. The van der Waals surface area contributed by atoms with Gasteiger partial charge in [-0.25, -0.2) is 8.42 Å². The molecule has 0 aliphatic carbocycles. The number of nitrogens with zero attached hydrogens (tertiary/aromatic N) is 2. The summed E-state index contributed by atoms with van der Waals surface area (Å²) in [6.07, 6.45) is 1.43. The van der Waals surface area contributed by atoms with E-state index < -0.39 is 16.0 Å². The Labute approximate surface area is 126 Å². The number of sulfonamides is 1. The SMILES string of the molecule is CN(Cc1ccccn1)S(=O)(=O)c1ccc(CC(=O)O)s1. The molecule has 2 aromatic heterocycles. The Hall–Kier alpha value is -1.77. The number of carbonyl (C=O) groups is 1. The molecule has 0 aliphatic rings. The minimum absolute atomic E-state index is 0.136. The van der Waals surface area contributed by atoms with Gasteiger partial charge in [-0.15, -0.1) is 11.3 Å². The Morgan fingerprint density at radius 3 is 2.71 bits per heavy atom. The summed E-state index contributed by atoms with van der Waals surface area (Å²) in [5.74, 6) is -0.984. The van der Waals surface area contributed by atoms with Gasteiger partial charge in [-0.2, -0.15) is 4.31 Å². The van der Waals surface area contributed by atoms with Crippen molar-refractivity contribution in [3.8, 4) is 0 Å². The van der Waals surface area contributed by atoms with Gasteiger partial charge in [-0.1, -0.05) is 6.07 Å². The van der Waals surface area contributed by atoms with Gasteiger partial charge >= 0.3 is 5.97 Å². The maximum absolute atomic E-state index is 12.4. The Morgan fingerprint density at radius 1 is 1.33 bits per heavy atom. The van der Waals surface area contributed by atoms with Gasteiger partial charge in [0.15, 0.2) is 0 Å². The zero-order valence-electron chi connectivity index (χ0n) is 11.3. The fraction of sp³-hybridized carbons (Fsp3) is 0.231. The molecule has 2 aromatic rings. The highest BCUT2D eigenvalue weighted by molar-refractivity contribution is 7.91. The predicted octanol–water partition coefficient (Wildman–Crippen LogP) is 1.59. The van der Waals surface area contributed by atoms with Crippen LogP contribution in [0.4, 0.5) is 0 Å². The second-order valence-corrected chi connectivity index (χ2v) is 7.81. The van der Waals surface area contributed by atoms with Crippen molar-refractivity contribution in [2.45, 2.75) is 17.2 Å². The van der Waals surface area contributed by atoms with Gasteiger partial charge in [-0.05, 0) is 24.3 Å². The zero-order chi connectivity index (χ0) is 15.5. The van der Waals surface area contributed by atoms with Crippen LogP contribution in [0, 0.1) is 0 Å². The van der Waals surface area contributed by atoms with Crippen molar-refractivity contribution in [1.29, 1.82) is 0 Å². The van der Waals surface area contributed by atoms with Crippen LogP contribution in [0.2, 0.25) is 0 Å². The molecule has 2 rings (SSSR count). The van der Waals surface area contributed by atoms with Crippen LogP contribution in [0.5, 0.6) is 0 Å². The van der Waals surface area contributed by atoms with E-state index in [1.807, 2.05) is 0 Å². The molecule has 1 N–H and O–H groups in total. The molecule has 2 heterocycles. The largest absolute Gasteiger partial charge is 0.481 e. The summed E-state index contributed by atoms with van der Waals surface area (Å²) in [5.41, 5.74) is 0.644. The molecule has 0 fully saturated rings. The van der Waals surface area contributed by atoms with E-state index >= 15 is 0 Å². The highest BCUT2D eigenvalue weighted by atomic mass is 32.2. The highest BCUT2D eigenvalue weighted by Gasteiger charge is 2.23. The summed E-state index contributed by atoms with van der Waals surface area (Å²) in [7, 11) is -2.16. The van der Waals surface area contributed by atoms with Crippen molar-refractivity contribution in [2.24, 2.45) is 0 Å². The van der Waals surface area contributed by atoms with Crippen LogP contribution in [0.3, 0.4) is 0 Å². The summed E-state index contributed by atoms with van der Waals surface area (Å²) in [6, 6.07) is 8.26. The number of hydrogen-bond acceptors (Lipinski definition) is 5. The number of carboxylic acid groups (broad SMARTS) is 1. The lowest BCUT2D eigenvalue weighted by Crippen LogP contribution is -2.26. The summed E-state index contributed by atoms with van der Waals surface area (Å²) in [5, 5.41) is 8.72. The van der Waals surface area contributed by atoms with Crippen molar-refractivity contribution >= 4 is 27.3 Å². The van der Waals surface area contributed by atoms with E-state index in [9.17, 15) is 13.2 Å². The Bertz CT molecular complexity index is 726. The summed E-state index contributed by atoms with van der Waals surface area (Å²) < 4.78 is 26.1. The van der Waals surface area contributed by atoms with Gasteiger partial charge in [0.1, 0.15) is 4.21 Å². The normalized spacial score (nSPS) is 11.7. The summed E-state index contributed by atoms with van der Waals surface area (Å²) in [6.45, 7) is 0.162. The minimum Gasteiger partial charge on any atom is -0.481 e. The van der Waals surface area contributed by atoms with Gasteiger partial charge in [0.05, 0.1) is 18.7 Å². The molecule has 0 aromatic carbocycles. The van der Waals surface area contributed by atoms with E-state index in [-0.39, 0.29) is 17.2 Å². The molecule has 0 unspecified atom stereocenters. The van der Waals surface area contributed by atoms with E-state index in [4.69, 9.17) is 5.11 Å². The lowest BCUT2D eigenvalue weighted by atomic mass is 10.3. The molecule has 6 nitrogen and oxygen atoms in total. The van der Waals surface area contributed by atoms with Crippen molar-refractivity contribution in [3.05, 3.63) is 47.1 Å². The average molecular weight is 326 g/mol. The van der Waals surface area contributed by atoms with Crippen molar-refractivity contribution in [2.75, 3.05) is 7.05 Å². The molecule has 0 spiro atoms. The first-order chi connectivity index (χ1) is 9.89. The standard InChI is InChI=1S/C13H14N2O4S2/c1-15(9-10-4-2-3-7-14-10)21(18,19)13-6-5-11(20-13)8-12(16)17/h2-7H,8-9H2,1H3,(H,16,17). The monoisotopic (exact) mass is 326 g/mol. The van der Waals surface area contributed by atoms with Crippen LogP contribution in [0.25, 0.3) is 0 Å². The molecule has 0 aliphatic heterocycles. The second kappa shape index (κ2) is 6.33. The van der Waals surface area contributed by atoms with Crippen LogP contribution in [-0.4, -0.2) is 35.8 Å². The maximum atomic E-state index is 12.4. The Balaban J connectivity index is 2.17. The summed E-state index contributed by atoms with van der Waals surface area (Å²) in [4.78, 5) is 15.2. The fourth-order valence-corrected chi connectivity index (χ4v) is 4.40. The van der Waals surface area contributed by atoms with E-state index in [1.54, 1.807) is 24.4 Å². The first-order valence-corrected chi connectivity index (χ1v) is 8.32. The first-order valence-electron chi connectivity index (χ1n) is 6.06. The third kappa shape index (κ3) is 3.87. The number of thiophene rings is 1. The third-order valence-electron chi connectivity index (χ3n) is 2.74. The van der Waals surface area contributed by atoms with E-state index in [2.05, 4.69) is 4.98 Å². The minimum atomic E-state index is -3.63. The molecule has 21 heavy (non-hydrogen) atoms. The fourth-order valence-electron chi connectivity index (χ4n) is 1.70. The van der Waals surface area contributed by atoms with Gasteiger partial charge < -0.3 is 5.11 Å². The number of aliphatic carboxylic acids is 1. The van der Waals surface area contributed by atoms with E-state index in [0.717, 1.165) is 11.3 Å². The van der Waals surface area contributed by atoms with Gasteiger partial charge in [-0.3, -0.25) is 9.78 Å². The van der Waals surface area contributed by atoms with Crippen LogP contribution in [0.15, 0.2) is 40.7 Å². The average Bonchev–Trinajstić information content (AvgIpc) is 2.88. The molecule has 0 bridgehead atoms. The van der Waals surface area contributed by atoms with E-state index in [1.165, 1.54) is 23.5 Å². The first kappa shape index (κ1) is 15.6. The number of rotatable bonds is 6. The molecule has 0 saturated heterocycles. The molecule has 0 saturated carbocycles. The van der Waals surface area contributed by atoms with Crippen LogP contribution < -0.4 is 0 Å². The van der Waals surface area contributed by atoms with Gasteiger partial charge in [0.2, 0.25) is 0 Å². The van der Waals surface area contributed by atoms with Crippen molar-refractivity contribution in [3.63, 3.8) is 0 Å². The molecule has 112 valence electrons. The molecule has 0 amide bonds. The van der Waals surface area contributed by atoms with Gasteiger partial charge in [0.25, 0.3) is 10.0 Å². The van der Waals surface area contributed by atoms with Gasteiger partial charge in [0, 0.05) is 18.1 Å². The van der Waals surface area contributed by atoms with E-state index in [0.29, 0.717) is 10.6 Å². The number of carboxylic acids is 1. The number of hydrogen-bond donors (Lipinski definition) is 1. The lowest BCUT2D eigenvalue weighted by molar-refractivity contribution is -0.136. The predicted molar refractivity (Wildman–Crippen MR) is 78.5 cm³/mol. The van der Waals surface area contributed by atoms with Crippen LogP contribution >= 0.6 is 11.3 Å². The summed E-state index contributed by atoms with van der Waals surface area (Å²) >= 11 is 0.976. The zero-order valence-corrected chi connectivity index (χ0v) is 12.9. The molecular weight excluding hydrogens is 312 g/mol. The van der Waals surface area contributed by atoms with Crippen molar-refractivity contribution in [1.82, 2.24) is 9.29 Å². The highest BCUT2D eigenvalue weighted by Crippen LogP contribution is 2.25. The van der Waals surface area contributed by atoms with Crippen LogP contribution in [-0.2, 0) is 27.8 Å². The molecule has 0 radical (unpaired) electrons. The Kier molecular flexibility index (Phi) is 4.71. The Morgan fingerprint density at radius 2 is 2.10 bits per heavy atom. The smallest absolute Gasteiger partial charge is 0.308 e. The second-order valence-electron chi connectivity index (χ2n) is 4.37. The van der Waals surface area contributed by atoms with Crippen molar-refractivity contribution < 1.29 is 18.3 Å². The molecule has 8 heteroatoms. The topological polar surface area (TPSA) is 87.6 Å². The quantitative estimate of drug-likeness (QED) is 0.871. The van der Waals surface area contributed by atoms with Crippen LogP contribution in [0.1, 0.15) is 10.6 Å². The maximum Gasteiger partial charge on any atom is 0.308 e. The number of pyridine rings is 1. The third-order valence-corrected chi connectivity index (χ3v) is 6.09.